The largest absolute Gasteiger partial charge is 0.496 e. The van der Waals surface area contributed by atoms with Crippen molar-refractivity contribution < 1.29 is 9.53 Å². The monoisotopic (exact) mass is 445 g/mol. The Morgan fingerprint density at radius 2 is 2.19 bits per heavy atom. The summed E-state index contributed by atoms with van der Waals surface area (Å²) in [5.74, 6) is 1.62. The molecule has 0 bridgehead atoms. The molecular weight excluding hydrogens is 430 g/mol. The molecule has 1 fully saturated rings. The molecule has 0 N–H and O–H groups in total. The summed E-state index contributed by atoms with van der Waals surface area (Å²) < 4.78 is 8.01. The average molecular weight is 446 g/mol. The van der Waals surface area contributed by atoms with E-state index in [9.17, 15) is 4.79 Å². The number of benzene rings is 2. The molecule has 1 atom stereocenters. The highest BCUT2D eigenvalue weighted by atomic mass is 79.9. The van der Waals surface area contributed by atoms with E-state index in [0.29, 0.717) is 12.1 Å². The van der Waals surface area contributed by atoms with Crippen LogP contribution in [0.5, 0.6) is 5.75 Å². The van der Waals surface area contributed by atoms with Crippen LogP contribution in [-0.4, -0.2) is 50.4 Å². The van der Waals surface area contributed by atoms with E-state index in [2.05, 4.69) is 31.5 Å². The quantitative estimate of drug-likeness (QED) is 0.613. The van der Waals surface area contributed by atoms with Gasteiger partial charge < -0.3 is 9.64 Å². The van der Waals surface area contributed by atoms with E-state index < -0.39 is 0 Å². The number of hydrogen-bond donors (Lipinski definition) is 0. The van der Waals surface area contributed by atoms with Gasteiger partial charge >= 0.3 is 0 Å². The summed E-state index contributed by atoms with van der Waals surface area (Å²) in [5.41, 5.74) is 2.33. The summed E-state index contributed by atoms with van der Waals surface area (Å²) in [6, 6.07) is 13.2. The molecule has 0 aliphatic carbocycles. The van der Waals surface area contributed by atoms with E-state index in [4.69, 9.17) is 4.74 Å². The first kappa shape index (κ1) is 18.0. The summed E-state index contributed by atoms with van der Waals surface area (Å²) in [7, 11) is 1.65. The topological polar surface area (TPSA) is 73.1 Å². The number of methoxy groups -OCH3 is 1. The lowest BCUT2D eigenvalue weighted by molar-refractivity contribution is 0.0759. The second-order valence-electron chi connectivity index (χ2n) is 5.91. The minimum absolute atomic E-state index is 0.0260. The van der Waals surface area contributed by atoms with Gasteiger partial charge in [0.2, 0.25) is 0 Å². The number of ether oxygens (including phenoxy) is 1. The molecule has 27 heavy (non-hydrogen) atoms. The molecule has 0 spiro atoms. The smallest absolute Gasteiger partial charge is 0.255 e. The lowest BCUT2D eigenvalue weighted by Crippen LogP contribution is -2.30. The van der Waals surface area contributed by atoms with Crippen molar-refractivity contribution in [2.24, 2.45) is 0 Å². The normalized spacial score (nSPS) is 16.5. The van der Waals surface area contributed by atoms with Crippen molar-refractivity contribution >= 4 is 33.6 Å². The predicted molar refractivity (Wildman–Crippen MR) is 106 cm³/mol. The Labute approximate surface area is 168 Å². The van der Waals surface area contributed by atoms with E-state index >= 15 is 0 Å². The highest BCUT2D eigenvalue weighted by Gasteiger charge is 2.33. The van der Waals surface area contributed by atoms with Crippen LogP contribution in [0.2, 0.25) is 0 Å². The van der Waals surface area contributed by atoms with Gasteiger partial charge in [-0.1, -0.05) is 22.0 Å². The van der Waals surface area contributed by atoms with Gasteiger partial charge in [-0.2, -0.15) is 0 Å². The molecule has 2 heterocycles. The minimum Gasteiger partial charge on any atom is -0.496 e. The Balaban J connectivity index is 1.66. The number of aromatic nitrogens is 4. The highest BCUT2D eigenvalue weighted by molar-refractivity contribution is 9.10. The van der Waals surface area contributed by atoms with Gasteiger partial charge in [-0.15, -0.1) is 16.9 Å². The third-order valence-corrected chi connectivity index (χ3v) is 6.05. The average Bonchev–Trinajstić information content (AvgIpc) is 3.39. The van der Waals surface area contributed by atoms with Crippen LogP contribution in [0.4, 0.5) is 0 Å². The SMILES string of the molecule is COc1ccc(Br)cc1C1SCCN1C(=O)c1cccc(-n2cnnn2)c1. The number of nitrogens with zero attached hydrogens (tertiary/aromatic N) is 5. The van der Waals surface area contributed by atoms with Gasteiger partial charge in [0.05, 0.1) is 12.8 Å². The predicted octanol–water partition coefficient (Wildman–Crippen LogP) is 3.32. The molecule has 0 radical (unpaired) electrons. The van der Waals surface area contributed by atoms with Gasteiger partial charge in [0.25, 0.3) is 5.91 Å². The van der Waals surface area contributed by atoms with Crippen LogP contribution in [0.3, 0.4) is 0 Å². The first-order valence-electron chi connectivity index (χ1n) is 8.27. The fourth-order valence-corrected chi connectivity index (χ4v) is 4.71. The number of carbonyl (C=O) groups excluding carboxylic acids is 1. The third-order valence-electron chi connectivity index (χ3n) is 4.32. The number of tetrazole rings is 1. The van der Waals surface area contributed by atoms with Gasteiger partial charge in [0.1, 0.15) is 17.5 Å². The number of halogens is 1. The summed E-state index contributed by atoms with van der Waals surface area (Å²) >= 11 is 5.25. The molecule has 0 saturated carbocycles. The lowest BCUT2D eigenvalue weighted by atomic mass is 10.1. The molecule has 1 aromatic heterocycles. The van der Waals surface area contributed by atoms with Gasteiger partial charge in [-0.3, -0.25) is 4.79 Å². The van der Waals surface area contributed by atoms with Crippen molar-refractivity contribution in [1.29, 1.82) is 0 Å². The highest BCUT2D eigenvalue weighted by Crippen LogP contribution is 2.43. The standard InChI is InChI=1S/C18H16BrN5O2S/c1-26-16-6-5-13(19)10-15(16)18-23(7-8-27-18)17(25)12-3-2-4-14(9-12)24-11-20-21-22-24/h2-6,9-11,18H,7-8H2,1H3. The Kier molecular flexibility index (Phi) is 5.13. The van der Waals surface area contributed by atoms with E-state index in [1.54, 1.807) is 24.9 Å². The fraction of sp³-hybridized carbons (Fsp3) is 0.222. The maximum atomic E-state index is 13.2. The van der Waals surface area contributed by atoms with Crippen LogP contribution in [0.1, 0.15) is 21.3 Å². The zero-order valence-corrected chi connectivity index (χ0v) is 16.9. The minimum atomic E-state index is -0.0957. The molecule has 7 nitrogen and oxygen atoms in total. The zero-order chi connectivity index (χ0) is 18.8. The van der Waals surface area contributed by atoms with Crippen LogP contribution in [0, 0.1) is 0 Å². The maximum Gasteiger partial charge on any atom is 0.255 e. The Hall–Kier alpha value is -2.39. The summed E-state index contributed by atoms with van der Waals surface area (Å²) in [4.78, 5) is 15.1. The molecule has 9 heteroatoms. The van der Waals surface area contributed by atoms with Crippen LogP contribution in [0.25, 0.3) is 5.69 Å². The summed E-state index contributed by atoms with van der Waals surface area (Å²) in [6.45, 7) is 0.680. The first-order chi connectivity index (χ1) is 13.2. The molecular formula is C18H16BrN5O2S. The van der Waals surface area contributed by atoms with E-state index in [-0.39, 0.29) is 11.3 Å². The van der Waals surface area contributed by atoms with Crippen molar-refractivity contribution in [1.82, 2.24) is 25.1 Å². The van der Waals surface area contributed by atoms with Gasteiger partial charge in [0.15, 0.2) is 0 Å². The van der Waals surface area contributed by atoms with Crippen LogP contribution in [0.15, 0.2) is 53.3 Å². The van der Waals surface area contributed by atoms with Crippen molar-refractivity contribution in [3.63, 3.8) is 0 Å². The molecule has 138 valence electrons. The van der Waals surface area contributed by atoms with Gasteiger partial charge in [-0.05, 0) is 46.8 Å². The Morgan fingerprint density at radius 3 is 2.96 bits per heavy atom. The first-order valence-corrected chi connectivity index (χ1v) is 10.1. The second-order valence-corrected chi connectivity index (χ2v) is 8.02. The number of rotatable bonds is 4. The fourth-order valence-electron chi connectivity index (χ4n) is 3.06. The molecule has 1 amide bonds. The summed E-state index contributed by atoms with van der Waals surface area (Å²) in [6.07, 6.45) is 1.50. The van der Waals surface area contributed by atoms with Crippen molar-refractivity contribution in [2.75, 3.05) is 19.4 Å². The molecule has 1 aliphatic heterocycles. The van der Waals surface area contributed by atoms with Crippen LogP contribution < -0.4 is 4.74 Å². The molecule has 4 rings (SSSR count). The van der Waals surface area contributed by atoms with E-state index in [1.807, 2.05) is 41.3 Å². The van der Waals surface area contributed by atoms with Gasteiger partial charge in [0, 0.05) is 27.9 Å². The van der Waals surface area contributed by atoms with Crippen molar-refractivity contribution in [2.45, 2.75) is 5.37 Å². The molecule has 3 aromatic rings. The van der Waals surface area contributed by atoms with E-state index in [0.717, 1.165) is 27.2 Å². The Bertz CT molecular complexity index is 966. The zero-order valence-electron chi connectivity index (χ0n) is 14.4. The molecule has 1 unspecified atom stereocenters. The van der Waals surface area contributed by atoms with Crippen molar-refractivity contribution in [3.8, 4) is 11.4 Å². The lowest BCUT2D eigenvalue weighted by Gasteiger charge is -2.26. The van der Waals surface area contributed by atoms with Crippen molar-refractivity contribution in [3.05, 3.63) is 64.4 Å². The molecule has 1 aliphatic rings. The number of amides is 1. The third kappa shape index (κ3) is 3.57. The van der Waals surface area contributed by atoms with E-state index in [1.165, 1.54) is 11.0 Å². The second kappa shape index (κ2) is 7.69. The number of hydrogen-bond acceptors (Lipinski definition) is 6. The van der Waals surface area contributed by atoms with Crippen LogP contribution in [-0.2, 0) is 0 Å². The molecule has 1 saturated heterocycles. The van der Waals surface area contributed by atoms with Crippen LogP contribution >= 0.6 is 27.7 Å². The number of carbonyl (C=O) groups is 1. The van der Waals surface area contributed by atoms with Gasteiger partial charge in [-0.25, -0.2) is 4.68 Å². The summed E-state index contributed by atoms with van der Waals surface area (Å²) in [5, 5.41) is 11.1. The number of thioether (sulfide) groups is 1. The molecule has 2 aromatic carbocycles. The maximum absolute atomic E-state index is 13.2. The Morgan fingerprint density at radius 1 is 1.30 bits per heavy atom.